The summed E-state index contributed by atoms with van der Waals surface area (Å²) in [6, 6.07) is 5.17. The van der Waals surface area contributed by atoms with Crippen molar-refractivity contribution in [3.8, 4) is 0 Å². The lowest BCUT2D eigenvalue weighted by Crippen LogP contribution is -2.46. The second-order valence-electron chi connectivity index (χ2n) is 5.11. The molecule has 0 aliphatic carbocycles. The number of aliphatic carboxylic acids is 1. The van der Waals surface area contributed by atoms with E-state index in [0.29, 0.717) is 6.42 Å². The summed E-state index contributed by atoms with van der Waals surface area (Å²) in [5, 5.41) is 11.7. The molecule has 1 amide bonds. The highest BCUT2D eigenvalue weighted by Gasteiger charge is 2.32. The summed E-state index contributed by atoms with van der Waals surface area (Å²) in [5.74, 6) is -1.55. The molecule has 1 aromatic rings. The number of hydrogen-bond donors (Lipinski definition) is 2. The van der Waals surface area contributed by atoms with Crippen LogP contribution in [0.1, 0.15) is 26.3 Å². The lowest BCUT2D eigenvalue weighted by atomic mass is 10.2. The van der Waals surface area contributed by atoms with Gasteiger partial charge in [-0.3, -0.25) is 9.59 Å². The van der Waals surface area contributed by atoms with Gasteiger partial charge in [0.15, 0.2) is 0 Å². The SMILES string of the molecule is CCc1cccc(S(=O)(=O)N(CCNC(C)=O)C(C)C(=O)O)c1. The Kier molecular flexibility index (Phi) is 6.71. The molecule has 1 atom stereocenters. The summed E-state index contributed by atoms with van der Waals surface area (Å²) >= 11 is 0. The van der Waals surface area contributed by atoms with Crippen LogP contribution in [0, 0.1) is 0 Å². The number of nitrogens with one attached hydrogen (secondary N) is 1. The van der Waals surface area contributed by atoms with E-state index in [0.717, 1.165) is 9.87 Å². The van der Waals surface area contributed by atoms with E-state index in [9.17, 15) is 23.1 Å². The fourth-order valence-electron chi connectivity index (χ4n) is 2.05. The Morgan fingerprint density at radius 3 is 2.52 bits per heavy atom. The van der Waals surface area contributed by atoms with E-state index in [4.69, 9.17) is 0 Å². The predicted molar refractivity (Wildman–Crippen MR) is 85.5 cm³/mol. The highest BCUT2D eigenvalue weighted by atomic mass is 32.2. The van der Waals surface area contributed by atoms with Crippen molar-refractivity contribution in [1.82, 2.24) is 9.62 Å². The van der Waals surface area contributed by atoms with Crippen molar-refractivity contribution < 1.29 is 23.1 Å². The molecule has 0 spiro atoms. The third-order valence-corrected chi connectivity index (χ3v) is 5.37. The van der Waals surface area contributed by atoms with Crippen molar-refractivity contribution in [2.45, 2.75) is 38.1 Å². The summed E-state index contributed by atoms with van der Waals surface area (Å²) in [5.41, 5.74) is 0.843. The molecule has 2 N–H and O–H groups in total. The fraction of sp³-hybridized carbons (Fsp3) is 0.467. The number of rotatable bonds is 8. The number of amides is 1. The molecular weight excluding hydrogens is 320 g/mol. The Morgan fingerprint density at radius 1 is 1.35 bits per heavy atom. The molecule has 0 saturated heterocycles. The first-order valence-corrected chi connectivity index (χ1v) is 8.72. The van der Waals surface area contributed by atoms with Gasteiger partial charge in [0.25, 0.3) is 0 Å². The van der Waals surface area contributed by atoms with Crippen LogP contribution in [0.15, 0.2) is 29.2 Å². The molecule has 0 aromatic heterocycles. The molecule has 1 rings (SSSR count). The smallest absolute Gasteiger partial charge is 0.321 e. The van der Waals surface area contributed by atoms with Gasteiger partial charge in [-0.1, -0.05) is 19.1 Å². The van der Waals surface area contributed by atoms with Crippen LogP contribution in [0.4, 0.5) is 0 Å². The summed E-state index contributed by atoms with van der Waals surface area (Å²) in [7, 11) is -3.97. The Bertz CT molecular complexity index is 672. The molecule has 8 heteroatoms. The predicted octanol–water partition coefficient (Wildman–Crippen LogP) is 0.849. The molecule has 7 nitrogen and oxygen atoms in total. The zero-order chi connectivity index (χ0) is 17.6. The van der Waals surface area contributed by atoms with Crippen molar-refractivity contribution in [3.05, 3.63) is 29.8 Å². The van der Waals surface area contributed by atoms with Crippen molar-refractivity contribution in [1.29, 1.82) is 0 Å². The van der Waals surface area contributed by atoms with E-state index in [1.165, 1.54) is 26.0 Å². The number of aryl methyl sites for hydroxylation is 1. The zero-order valence-corrected chi connectivity index (χ0v) is 14.3. The maximum atomic E-state index is 12.8. The lowest BCUT2D eigenvalue weighted by molar-refractivity contribution is -0.140. The topological polar surface area (TPSA) is 104 Å². The van der Waals surface area contributed by atoms with Crippen molar-refractivity contribution in [2.24, 2.45) is 0 Å². The Morgan fingerprint density at radius 2 is 2.00 bits per heavy atom. The minimum atomic E-state index is -3.97. The number of carboxylic acids is 1. The van der Waals surface area contributed by atoms with Crippen LogP contribution in [-0.4, -0.2) is 48.8 Å². The third kappa shape index (κ3) is 5.04. The van der Waals surface area contributed by atoms with Gasteiger partial charge < -0.3 is 10.4 Å². The standard InChI is InChI=1S/C15H22N2O5S/c1-4-13-6-5-7-14(10-13)23(21,22)17(11(2)15(19)20)9-8-16-12(3)18/h5-7,10-11H,4,8-9H2,1-3H3,(H,16,18)(H,19,20). The molecule has 128 valence electrons. The van der Waals surface area contributed by atoms with Crippen LogP contribution >= 0.6 is 0 Å². The van der Waals surface area contributed by atoms with Crippen molar-refractivity contribution >= 4 is 21.9 Å². The normalized spacial score (nSPS) is 12.9. The molecule has 0 radical (unpaired) electrons. The van der Waals surface area contributed by atoms with Crippen LogP contribution in [0.25, 0.3) is 0 Å². The van der Waals surface area contributed by atoms with E-state index in [2.05, 4.69) is 5.32 Å². The van der Waals surface area contributed by atoms with E-state index < -0.39 is 22.0 Å². The number of carbonyl (C=O) groups excluding carboxylic acids is 1. The summed E-state index contributed by atoms with van der Waals surface area (Å²) in [4.78, 5) is 22.2. The average Bonchev–Trinajstić information content (AvgIpc) is 2.50. The molecule has 1 unspecified atom stereocenters. The van der Waals surface area contributed by atoms with E-state index in [1.807, 2.05) is 6.92 Å². The number of nitrogens with zero attached hydrogens (tertiary/aromatic N) is 1. The maximum Gasteiger partial charge on any atom is 0.321 e. The van der Waals surface area contributed by atoms with Crippen molar-refractivity contribution in [2.75, 3.05) is 13.1 Å². The van der Waals surface area contributed by atoms with Crippen LogP contribution in [0.3, 0.4) is 0 Å². The van der Waals surface area contributed by atoms with Gasteiger partial charge in [0.1, 0.15) is 6.04 Å². The molecule has 0 bridgehead atoms. The largest absolute Gasteiger partial charge is 0.480 e. The highest BCUT2D eigenvalue weighted by molar-refractivity contribution is 7.89. The molecule has 0 aliphatic heterocycles. The third-order valence-electron chi connectivity index (χ3n) is 3.41. The highest BCUT2D eigenvalue weighted by Crippen LogP contribution is 2.19. The van der Waals surface area contributed by atoms with Crippen LogP contribution < -0.4 is 5.32 Å². The van der Waals surface area contributed by atoms with E-state index in [-0.39, 0.29) is 23.9 Å². The molecule has 0 heterocycles. The van der Waals surface area contributed by atoms with Crippen molar-refractivity contribution in [3.63, 3.8) is 0 Å². The van der Waals surface area contributed by atoms with Gasteiger partial charge in [0.2, 0.25) is 15.9 Å². The maximum absolute atomic E-state index is 12.8. The molecule has 0 aliphatic rings. The number of carboxylic acid groups (broad SMARTS) is 1. The first kappa shape index (κ1) is 19.1. The van der Waals surface area contributed by atoms with Gasteiger partial charge in [0, 0.05) is 20.0 Å². The van der Waals surface area contributed by atoms with Crippen LogP contribution in [0.2, 0.25) is 0 Å². The first-order valence-electron chi connectivity index (χ1n) is 7.28. The monoisotopic (exact) mass is 342 g/mol. The van der Waals surface area contributed by atoms with Gasteiger partial charge in [-0.2, -0.15) is 4.31 Å². The minimum absolute atomic E-state index is 0.0413. The van der Waals surface area contributed by atoms with E-state index in [1.54, 1.807) is 12.1 Å². The number of sulfonamides is 1. The van der Waals surface area contributed by atoms with Crippen LogP contribution in [-0.2, 0) is 26.0 Å². The molecule has 1 aromatic carbocycles. The van der Waals surface area contributed by atoms with Gasteiger partial charge in [-0.25, -0.2) is 8.42 Å². The first-order chi connectivity index (χ1) is 10.7. The summed E-state index contributed by atoms with van der Waals surface area (Å²) in [6.07, 6.45) is 0.670. The second-order valence-corrected chi connectivity index (χ2v) is 7.00. The molecule has 0 saturated carbocycles. The number of carbonyl (C=O) groups is 2. The molecular formula is C15H22N2O5S. The quantitative estimate of drug-likeness (QED) is 0.729. The van der Waals surface area contributed by atoms with Gasteiger partial charge >= 0.3 is 5.97 Å². The summed E-state index contributed by atoms with van der Waals surface area (Å²) in [6.45, 7) is 4.44. The van der Waals surface area contributed by atoms with Gasteiger partial charge in [-0.15, -0.1) is 0 Å². The summed E-state index contributed by atoms with van der Waals surface area (Å²) < 4.78 is 26.4. The van der Waals surface area contributed by atoms with E-state index >= 15 is 0 Å². The lowest BCUT2D eigenvalue weighted by Gasteiger charge is -2.26. The Balaban J connectivity index is 3.15. The Labute approximate surface area is 136 Å². The second kappa shape index (κ2) is 8.07. The fourth-order valence-corrected chi connectivity index (χ4v) is 3.71. The van der Waals surface area contributed by atoms with Crippen LogP contribution in [0.5, 0.6) is 0 Å². The molecule has 23 heavy (non-hydrogen) atoms. The minimum Gasteiger partial charge on any atom is -0.480 e. The number of benzene rings is 1. The molecule has 0 fully saturated rings. The average molecular weight is 342 g/mol. The Hall–Kier alpha value is -1.93. The number of hydrogen-bond acceptors (Lipinski definition) is 4. The van der Waals surface area contributed by atoms with Gasteiger partial charge in [0.05, 0.1) is 4.90 Å². The zero-order valence-electron chi connectivity index (χ0n) is 13.4. The van der Waals surface area contributed by atoms with Gasteiger partial charge in [-0.05, 0) is 31.0 Å².